The molecule has 0 saturated heterocycles. The van der Waals surface area contributed by atoms with Crippen molar-refractivity contribution in [3.63, 3.8) is 0 Å². The smallest absolute Gasteiger partial charge is 0.226 e. The predicted octanol–water partition coefficient (Wildman–Crippen LogP) is 5.27. The molecule has 0 radical (unpaired) electrons. The van der Waals surface area contributed by atoms with Crippen LogP contribution in [0.2, 0.25) is 5.02 Å². The van der Waals surface area contributed by atoms with Crippen LogP contribution in [0.5, 0.6) is 5.88 Å². The molecule has 5 heteroatoms. The summed E-state index contributed by atoms with van der Waals surface area (Å²) in [6, 6.07) is 7.79. The number of aryl methyl sites for hydroxylation is 2. The standard InChI is InChI=1S/C21H22ClN3O/c22-14-9-11-15(12-10-14)25-21(26-16-5-1-2-6-16)18-13-23-19-8-4-3-7-17(19)20(18)24-25/h9-13,16H,1-8H2. The number of nitrogens with zero attached hydrogens (tertiary/aromatic N) is 3. The summed E-state index contributed by atoms with van der Waals surface area (Å²) >= 11 is 6.08. The number of benzene rings is 1. The van der Waals surface area contributed by atoms with Crippen molar-refractivity contribution in [2.45, 2.75) is 57.5 Å². The van der Waals surface area contributed by atoms with Crippen molar-refractivity contribution < 1.29 is 4.74 Å². The first-order chi connectivity index (χ1) is 12.8. The van der Waals surface area contributed by atoms with Gasteiger partial charge in [-0.2, -0.15) is 9.78 Å². The lowest BCUT2D eigenvalue weighted by Gasteiger charge is -2.16. The van der Waals surface area contributed by atoms with Crippen molar-refractivity contribution in [2.24, 2.45) is 0 Å². The van der Waals surface area contributed by atoms with E-state index in [-0.39, 0.29) is 6.10 Å². The Morgan fingerprint density at radius 2 is 1.77 bits per heavy atom. The van der Waals surface area contributed by atoms with Crippen LogP contribution in [0, 0.1) is 0 Å². The molecular formula is C21H22ClN3O. The molecule has 2 heterocycles. The molecule has 0 unspecified atom stereocenters. The lowest BCUT2D eigenvalue weighted by molar-refractivity contribution is 0.198. The molecule has 5 rings (SSSR count). The van der Waals surface area contributed by atoms with Crippen LogP contribution in [0.4, 0.5) is 0 Å². The molecule has 0 amide bonds. The Morgan fingerprint density at radius 3 is 2.58 bits per heavy atom. The summed E-state index contributed by atoms with van der Waals surface area (Å²) in [6.45, 7) is 0. The van der Waals surface area contributed by atoms with Crippen LogP contribution in [0.3, 0.4) is 0 Å². The summed E-state index contributed by atoms with van der Waals surface area (Å²) in [5.41, 5.74) is 4.54. The Bertz CT molecular complexity index is 942. The lowest BCUT2D eigenvalue weighted by Crippen LogP contribution is -2.14. The number of pyridine rings is 1. The van der Waals surface area contributed by atoms with E-state index < -0.39 is 0 Å². The van der Waals surface area contributed by atoms with E-state index in [4.69, 9.17) is 26.4 Å². The number of halogens is 1. The highest BCUT2D eigenvalue weighted by Crippen LogP contribution is 2.36. The van der Waals surface area contributed by atoms with E-state index in [0.717, 1.165) is 53.2 Å². The van der Waals surface area contributed by atoms with Crippen LogP contribution in [0.1, 0.15) is 49.8 Å². The third-order valence-electron chi connectivity index (χ3n) is 5.60. The number of aromatic nitrogens is 3. The van der Waals surface area contributed by atoms with Crippen LogP contribution in [-0.2, 0) is 12.8 Å². The third kappa shape index (κ3) is 2.77. The highest BCUT2D eigenvalue weighted by Gasteiger charge is 2.25. The highest BCUT2D eigenvalue weighted by molar-refractivity contribution is 6.30. The maximum atomic E-state index is 6.46. The normalized spacial score (nSPS) is 17.6. The molecule has 26 heavy (non-hydrogen) atoms. The van der Waals surface area contributed by atoms with Gasteiger partial charge in [0.2, 0.25) is 5.88 Å². The molecular weight excluding hydrogens is 346 g/mol. The van der Waals surface area contributed by atoms with Crippen molar-refractivity contribution >= 4 is 22.5 Å². The molecule has 4 nitrogen and oxygen atoms in total. The predicted molar refractivity (Wildman–Crippen MR) is 103 cm³/mol. The van der Waals surface area contributed by atoms with Crippen molar-refractivity contribution in [1.29, 1.82) is 0 Å². The Morgan fingerprint density at radius 1 is 1.00 bits per heavy atom. The van der Waals surface area contributed by atoms with Crippen LogP contribution in [-0.4, -0.2) is 20.9 Å². The second-order valence-electron chi connectivity index (χ2n) is 7.37. The Balaban J connectivity index is 1.69. The van der Waals surface area contributed by atoms with Gasteiger partial charge >= 0.3 is 0 Å². The van der Waals surface area contributed by atoms with Crippen molar-refractivity contribution in [3.05, 3.63) is 46.7 Å². The fourth-order valence-corrected chi connectivity index (χ4v) is 4.34. The van der Waals surface area contributed by atoms with E-state index in [2.05, 4.69) is 0 Å². The van der Waals surface area contributed by atoms with Gasteiger partial charge in [0.05, 0.1) is 11.1 Å². The van der Waals surface area contributed by atoms with E-state index in [0.29, 0.717) is 0 Å². The van der Waals surface area contributed by atoms with Crippen LogP contribution >= 0.6 is 11.6 Å². The summed E-state index contributed by atoms with van der Waals surface area (Å²) in [5.74, 6) is 0.829. The number of hydrogen-bond donors (Lipinski definition) is 0. The van der Waals surface area contributed by atoms with Gasteiger partial charge in [0.1, 0.15) is 11.6 Å². The maximum Gasteiger partial charge on any atom is 0.226 e. The summed E-state index contributed by atoms with van der Waals surface area (Å²) < 4.78 is 8.40. The molecule has 1 saturated carbocycles. The average Bonchev–Trinajstić information content (AvgIpc) is 3.31. The lowest BCUT2D eigenvalue weighted by atomic mass is 9.95. The molecule has 0 aliphatic heterocycles. The molecule has 2 aliphatic carbocycles. The Labute approximate surface area is 158 Å². The molecule has 2 aliphatic rings. The number of rotatable bonds is 3. The summed E-state index contributed by atoms with van der Waals surface area (Å²) in [6.07, 6.45) is 11.5. The zero-order chi connectivity index (χ0) is 17.5. The minimum Gasteiger partial charge on any atom is -0.474 e. The van der Waals surface area contributed by atoms with Gasteiger partial charge in [0.15, 0.2) is 0 Å². The fourth-order valence-electron chi connectivity index (χ4n) is 4.22. The van der Waals surface area contributed by atoms with Gasteiger partial charge in [-0.3, -0.25) is 4.98 Å². The van der Waals surface area contributed by atoms with Gasteiger partial charge in [0, 0.05) is 22.5 Å². The van der Waals surface area contributed by atoms with Crippen molar-refractivity contribution in [3.8, 4) is 11.6 Å². The van der Waals surface area contributed by atoms with Crippen molar-refractivity contribution in [2.75, 3.05) is 0 Å². The van der Waals surface area contributed by atoms with Crippen LogP contribution in [0.25, 0.3) is 16.6 Å². The minimum absolute atomic E-state index is 0.275. The largest absolute Gasteiger partial charge is 0.474 e. The molecule has 0 N–H and O–H groups in total. The molecule has 134 valence electrons. The van der Waals surface area contributed by atoms with E-state index in [1.54, 1.807) is 0 Å². The number of hydrogen-bond acceptors (Lipinski definition) is 3. The SMILES string of the molecule is Clc1ccc(-n2nc3c4c(ncc3c2OC2CCCC2)CCCC4)cc1. The zero-order valence-corrected chi connectivity index (χ0v) is 15.5. The number of fused-ring (bicyclic) bond motifs is 3. The minimum atomic E-state index is 0.275. The zero-order valence-electron chi connectivity index (χ0n) is 14.7. The molecule has 1 aromatic carbocycles. The quantitative estimate of drug-likeness (QED) is 0.632. The fraction of sp³-hybridized carbons (Fsp3) is 0.429. The van der Waals surface area contributed by atoms with E-state index >= 15 is 0 Å². The maximum absolute atomic E-state index is 6.46. The topological polar surface area (TPSA) is 39.9 Å². The summed E-state index contributed by atoms with van der Waals surface area (Å²) in [5, 5.41) is 6.74. The monoisotopic (exact) mass is 367 g/mol. The molecule has 0 bridgehead atoms. The third-order valence-corrected chi connectivity index (χ3v) is 5.86. The average molecular weight is 368 g/mol. The van der Waals surface area contributed by atoms with E-state index in [1.807, 2.05) is 35.1 Å². The van der Waals surface area contributed by atoms with E-state index in [9.17, 15) is 0 Å². The second kappa shape index (κ2) is 6.58. The molecule has 3 aromatic rings. The van der Waals surface area contributed by atoms with Crippen LogP contribution in [0.15, 0.2) is 30.5 Å². The van der Waals surface area contributed by atoms with Crippen molar-refractivity contribution in [1.82, 2.24) is 14.8 Å². The van der Waals surface area contributed by atoms with Gasteiger partial charge in [-0.25, -0.2) is 0 Å². The van der Waals surface area contributed by atoms with Gasteiger partial charge in [-0.15, -0.1) is 0 Å². The molecule has 0 atom stereocenters. The Kier molecular flexibility index (Phi) is 4.08. The van der Waals surface area contributed by atoms with Gasteiger partial charge in [-0.1, -0.05) is 11.6 Å². The molecule has 1 fully saturated rings. The van der Waals surface area contributed by atoms with E-state index in [1.165, 1.54) is 36.9 Å². The summed E-state index contributed by atoms with van der Waals surface area (Å²) in [4.78, 5) is 4.75. The van der Waals surface area contributed by atoms with Gasteiger partial charge in [-0.05, 0) is 75.6 Å². The number of ether oxygens (including phenoxy) is 1. The first-order valence-corrected chi connectivity index (χ1v) is 9.99. The first-order valence-electron chi connectivity index (χ1n) is 9.62. The molecule has 0 spiro atoms. The van der Waals surface area contributed by atoms with Crippen LogP contribution < -0.4 is 4.74 Å². The van der Waals surface area contributed by atoms with Gasteiger partial charge < -0.3 is 4.74 Å². The molecule has 2 aromatic heterocycles. The Hall–Kier alpha value is -2.07. The van der Waals surface area contributed by atoms with Gasteiger partial charge in [0.25, 0.3) is 0 Å². The highest BCUT2D eigenvalue weighted by atomic mass is 35.5. The second-order valence-corrected chi connectivity index (χ2v) is 7.81. The first kappa shape index (κ1) is 16.1. The summed E-state index contributed by atoms with van der Waals surface area (Å²) in [7, 11) is 0.